The van der Waals surface area contributed by atoms with Crippen molar-refractivity contribution in [3.8, 4) is 5.69 Å². The molecule has 2 aromatic carbocycles. The van der Waals surface area contributed by atoms with Gasteiger partial charge in [0.2, 0.25) is 10.0 Å². The summed E-state index contributed by atoms with van der Waals surface area (Å²) in [7, 11) is -0.0563. The number of fused-ring (bicyclic) bond motifs is 1. The molecular formula is C22H23N5O4S. The summed E-state index contributed by atoms with van der Waals surface area (Å²) in [6.45, 7) is 1.74. The van der Waals surface area contributed by atoms with E-state index in [0.29, 0.717) is 0 Å². The molecule has 0 fully saturated rings. The highest BCUT2D eigenvalue weighted by molar-refractivity contribution is 7.89. The average molecular weight is 454 g/mol. The van der Waals surface area contributed by atoms with E-state index in [9.17, 15) is 18.0 Å². The number of hydrogen-bond acceptors (Lipinski definition) is 5. The Morgan fingerprint density at radius 1 is 1.00 bits per heavy atom. The van der Waals surface area contributed by atoms with Crippen LogP contribution in [0.25, 0.3) is 16.7 Å². The van der Waals surface area contributed by atoms with E-state index >= 15 is 0 Å². The lowest BCUT2D eigenvalue weighted by Crippen LogP contribution is -2.42. The number of rotatable bonds is 5. The second kappa shape index (κ2) is 7.88. The Labute approximate surface area is 184 Å². The van der Waals surface area contributed by atoms with E-state index in [4.69, 9.17) is 0 Å². The minimum absolute atomic E-state index is 0.446. The molecule has 0 aliphatic carbocycles. The van der Waals surface area contributed by atoms with Crippen LogP contribution < -0.4 is 11.2 Å². The molecule has 166 valence electrons. The van der Waals surface area contributed by atoms with E-state index in [2.05, 4.69) is 4.98 Å². The number of aryl methyl sites for hydroxylation is 1. The van der Waals surface area contributed by atoms with Crippen LogP contribution in [0.4, 0.5) is 0 Å². The number of sulfonamides is 1. The van der Waals surface area contributed by atoms with E-state index in [1.165, 1.54) is 21.1 Å². The molecule has 0 aliphatic rings. The van der Waals surface area contributed by atoms with Gasteiger partial charge in [-0.05, 0) is 36.8 Å². The van der Waals surface area contributed by atoms with Crippen LogP contribution in [0.1, 0.15) is 18.5 Å². The molecule has 1 atom stereocenters. The molecule has 4 rings (SSSR count). The molecule has 10 heteroatoms. The van der Waals surface area contributed by atoms with Gasteiger partial charge in [0, 0.05) is 39.1 Å². The molecule has 1 unspecified atom stereocenters. The number of imidazole rings is 1. The molecule has 0 bridgehead atoms. The lowest BCUT2D eigenvalue weighted by molar-refractivity contribution is 0.396. The lowest BCUT2D eigenvalue weighted by Gasteiger charge is -2.25. The van der Waals surface area contributed by atoms with E-state index < -0.39 is 32.2 Å². The van der Waals surface area contributed by atoms with Crippen molar-refractivity contribution in [1.29, 1.82) is 0 Å². The third-order valence-electron chi connectivity index (χ3n) is 5.72. The first-order chi connectivity index (χ1) is 15.1. The Hall–Kier alpha value is -3.50. The van der Waals surface area contributed by atoms with Gasteiger partial charge in [0.1, 0.15) is 6.33 Å². The van der Waals surface area contributed by atoms with Crippen molar-refractivity contribution in [1.82, 2.24) is 23.0 Å². The van der Waals surface area contributed by atoms with Gasteiger partial charge in [0.05, 0.1) is 11.0 Å². The topological polar surface area (TPSA) is 99.2 Å². The molecule has 4 aromatic rings. The first kappa shape index (κ1) is 21.7. The van der Waals surface area contributed by atoms with Crippen molar-refractivity contribution in [2.45, 2.75) is 17.9 Å². The fourth-order valence-corrected chi connectivity index (χ4v) is 5.10. The molecule has 2 aromatic heterocycles. The van der Waals surface area contributed by atoms with E-state index in [1.54, 1.807) is 13.3 Å². The Balaban J connectivity index is 1.67. The van der Waals surface area contributed by atoms with Crippen LogP contribution in [-0.2, 0) is 24.1 Å². The predicted octanol–water partition coefficient (Wildman–Crippen LogP) is 1.80. The second-order valence-electron chi connectivity index (χ2n) is 7.64. The van der Waals surface area contributed by atoms with Gasteiger partial charge in [-0.2, -0.15) is 4.31 Å². The number of nitrogens with zero attached hydrogens (tertiary/aromatic N) is 5. The number of para-hydroxylation sites is 2. The molecule has 0 amide bonds. The van der Waals surface area contributed by atoms with Crippen LogP contribution >= 0.6 is 0 Å². The molecule has 0 radical (unpaired) electrons. The maximum Gasteiger partial charge on any atom is 0.330 e. The van der Waals surface area contributed by atoms with Crippen LogP contribution in [-0.4, -0.2) is 38.5 Å². The van der Waals surface area contributed by atoms with Crippen LogP contribution in [0.5, 0.6) is 0 Å². The van der Waals surface area contributed by atoms with Gasteiger partial charge in [0.15, 0.2) is 4.90 Å². The summed E-state index contributed by atoms with van der Waals surface area (Å²) in [6.07, 6.45) is 2.81. The molecule has 0 saturated heterocycles. The summed E-state index contributed by atoms with van der Waals surface area (Å²) >= 11 is 0. The molecule has 0 N–H and O–H groups in total. The monoisotopic (exact) mass is 453 g/mol. The van der Waals surface area contributed by atoms with Gasteiger partial charge in [0.25, 0.3) is 5.56 Å². The summed E-state index contributed by atoms with van der Waals surface area (Å²) in [4.78, 5) is 28.3. The van der Waals surface area contributed by atoms with Crippen LogP contribution in [0.2, 0.25) is 0 Å². The standard InChI is InChI=1S/C22H23N5O4S/c1-15(26(4)32(30,31)20-13-24(2)22(29)25(3)21(20)28)16-9-11-17(12-10-16)27-14-23-18-7-5-6-8-19(18)27/h5-15H,1-4H3. The predicted molar refractivity (Wildman–Crippen MR) is 121 cm³/mol. The van der Waals surface area contributed by atoms with Crippen molar-refractivity contribution < 1.29 is 8.42 Å². The molecular weight excluding hydrogens is 430 g/mol. The third kappa shape index (κ3) is 3.47. The van der Waals surface area contributed by atoms with Crippen LogP contribution in [0, 0.1) is 0 Å². The molecule has 0 aliphatic heterocycles. The van der Waals surface area contributed by atoms with Gasteiger partial charge in [-0.25, -0.2) is 18.2 Å². The van der Waals surface area contributed by atoms with Gasteiger partial charge in [-0.3, -0.25) is 13.9 Å². The highest BCUT2D eigenvalue weighted by Crippen LogP contribution is 2.26. The zero-order chi connectivity index (χ0) is 23.2. The van der Waals surface area contributed by atoms with Crippen molar-refractivity contribution in [3.05, 3.63) is 87.5 Å². The molecule has 9 nitrogen and oxygen atoms in total. The van der Waals surface area contributed by atoms with Gasteiger partial charge in [-0.15, -0.1) is 0 Å². The SMILES string of the molecule is CC(c1ccc(-n2cnc3ccccc32)cc1)N(C)S(=O)(=O)c1cn(C)c(=O)n(C)c1=O. The summed E-state index contributed by atoms with van der Waals surface area (Å²) in [5.41, 5.74) is 2.06. The Bertz CT molecular complexity index is 1530. The Morgan fingerprint density at radius 3 is 2.34 bits per heavy atom. The second-order valence-corrected chi connectivity index (χ2v) is 9.61. The Kier molecular flexibility index (Phi) is 5.35. The number of benzene rings is 2. The van der Waals surface area contributed by atoms with Gasteiger partial charge in [-0.1, -0.05) is 24.3 Å². The summed E-state index contributed by atoms with van der Waals surface area (Å²) in [5, 5.41) is 0. The summed E-state index contributed by atoms with van der Waals surface area (Å²) in [5.74, 6) is 0. The first-order valence-corrected chi connectivity index (χ1v) is 11.3. The average Bonchev–Trinajstić information content (AvgIpc) is 3.23. The van der Waals surface area contributed by atoms with E-state index in [0.717, 1.165) is 41.9 Å². The van der Waals surface area contributed by atoms with E-state index in [-0.39, 0.29) is 0 Å². The van der Waals surface area contributed by atoms with Crippen molar-refractivity contribution in [2.75, 3.05) is 7.05 Å². The highest BCUT2D eigenvalue weighted by Gasteiger charge is 2.30. The van der Waals surface area contributed by atoms with Gasteiger partial charge >= 0.3 is 5.69 Å². The highest BCUT2D eigenvalue weighted by atomic mass is 32.2. The summed E-state index contributed by atoms with van der Waals surface area (Å²) < 4.78 is 31.3. The lowest BCUT2D eigenvalue weighted by atomic mass is 10.1. The number of aromatic nitrogens is 4. The molecule has 0 spiro atoms. The fourth-order valence-electron chi connectivity index (χ4n) is 3.60. The zero-order valence-electron chi connectivity index (χ0n) is 18.1. The maximum absolute atomic E-state index is 13.2. The minimum Gasteiger partial charge on any atom is -0.302 e. The zero-order valence-corrected chi connectivity index (χ0v) is 18.9. The quantitative estimate of drug-likeness (QED) is 0.459. The van der Waals surface area contributed by atoms with Crippen molar-refractivity contribution in [3.63, 3.8) is 0 Å². The van der Waals surface area contributed by atoms with Crippen molar-refractivity contribution >= 4 is 21.1 Å². The fraction of sp³-hybridized carbons (Fsp3) is 0.227. The molecule has 0 saturated carbocycles. The molecule has 2 heterocycles. The van der Waals surface area contributed by atoms with Crippen LogP contribution in [0.15, 0.2) is 75.5 Å². The largest absolute Gasteiger partial charge is 0.330 e. The van der Waals surface area contributed by atoms with E-state index in [1.807, 2.05) is 53.1 Å². The summed E-state index contributed by atoms with van der Waals surface area (Å²) in [6, 6.07) is 14.7. The first-order valence-electron chi connectivity index (χ1n) is 9.90. The normalized spacial score (nSPS) is 13.0. The maximum atomic E-state index is 13.2. The molecule has 32 heavy (non-hydrogen) atoms. The minimum atomic E-state index is -4.14. The van der Waals surface area contributed by atoms with Crippen LogP contribution in [0.3, 0.4) is 0 Å². The third-order valence-corrected chi connectivity index (χ3v) is 7.63. The number of hydrogen-bond donors (Lipinski definition) is 0. The van der Waals surface area contributed by atoms with Gasteiger partial charge < -0.3 is 4.57 Å². The van der Waals surface area contributed by atoms with Crippen molar-refractivity contribution in [2.24, 2.45) is 14.1 Å². The smallest absolute Gasteiger partial charge is 0.302 e. The Morgan fingerprint density at radius 2 is 1.66 bits per heavy atom.